The average molecular weight is 255 g/mol. The van der Waals surface area contributed by atoms with Gasteiger partial charge in [-0.15, -0.1) is 0 Å². The predicted octanol–water partition coefficient (Wildman–Crippen LogP) is 2.72. The number of carboxylic acids is 1. The summed E-state index contributed by atoms with van der Waals surface area (Å²) in [6.45, 7) is 3.02. The minimum Gasteiger partial charge on any atom is -0.480 e. The molecule has 4 nitrogen and oxygen atoms in total. The van der Waals surface area contributed by atoms with E-state index >= 15 is 0 Å². The lowest BCUT2D eigenvalue weighted by Gasteiger charge is -2.23. The quantitative estimate of drug-likeness (QED) is 0.767. The molecule has 0 aromatic rings. The van der Waals surface area contributed by atoms with Gasteiger partial charge in [-0.2, -0.15) is 0 Å². The van der Waals surface area contributed by atoms with Crippen molar-refractivity contribution in [1.82, 2.24) is 5.32 Å². The Hall–Kier alpha value is -1.06. The number of carbonyl (C=O) groups excluding carboxylic acids is 1. The van der Waals surface area contributed by atoms with Crippen LogP contribution in [-0.4, -0.2) is 22.5 Å². The highest BCUT2D eigenvalue weighted by Crippen LogP contribution is 2.27. The monoisotopic (exact) mass is 255 g/mol. The first-order valence-corrected chi connectivity index (χ1v) is 6.96. The predicted molar refractivity (Wildman–Crippen MR) is 70.3 cm³/mol. The molecule has 0 heterocycles. The Morgan fingerprint density at radius 2 is 1.83 bits per heavy atom. The summed E-state index contributed by atoms with van der Waals surface area (Å²) in [5.41, 5.74) is -1.16. The van der Waals surface area contributed by atoms with Crippen molar-refractivity contribution in [2.75, 3.05) is 0 Å². The zero-order valence-electron chi connectivity index (χ0n) is 11.5. The molecule has 2 N–H and O–H groups in total. The number of nitrogens with one attached hydrogen (secondary N) is 1. The lowest BCUT2D eigenvalue weighted by atomic mass is 9.86. The van der Waals surface area contributed by atoms with Crippen LogP contribution in [0.15, 0.2) is 0 Å². The number of hydrogen-bond acceptors (Lipinski definition) is 2. The first-order chi connectivity index (χ1) is 8.42. The number of amides is 1. The molecule has 0 atom stereocenters. The molecule has 1 fully saturated rings. The molecule has 18 heavy (non-hydrogen) atoms. The standard InChI is InChI=1S/C14H25NO3/c1-14(2,13(17)18)15-12(16)10-6-9-11-7-4-3-5-8-11/h11H,3-10H2,1-2H3,(H,15,16)(H,17,18). The van der Waals surface area contributed by atoms with Crippen molar-refractivity contribution in [2.45, 2.75) is 70.8 Å². The molecular formula is C14H25NO3. The third-order valence-electron chi connectivity index (χ3n) is 3.73. The highest BCUT2D eigenvalue weighted by Gasteiger charge is 2.28. The molecule has 0 aromatic heterocycles. The molecule has 0 radical (unpaired) electrons. The van der Waals surface area contributed by atoms with Crippen LogP contribution in [0, 0.1) is 5.92 Å². The number of carboxylic acid groups (broad SMARTS) is 1. The summed E-state index contributed by atoms with van der Waals surface area (Å²) in [5, 5.41) is 11.5. The fourth-order valence-electron chi connectivity index (χ4n) is 2.49. The third-order valence-corrected chi connectivity index (χ3v) is 3.73. The second kappa shape index (κ2) is 6.76. The molecular weight excluding hydrogens is 230 g/mol. The topological polar surface area (TPSA) is 66.4 Å². The van der Waals surface area contributed by atoms with Gasteiger partial charge in [-0.3, -0.25) is 4.79 Å². The van der Waals surface area contributed by atoms with Gasteiger partial charge in [-0.25, -0.2) is 4.79 Å². The van der Waals surface area contributed by atoms with E-state index in [0.717, 1.165) is 18.8 Å². The molecule has 1 aliphatic rings. The summed E-state index contributed by atoms with van der Waals surface area (Å²) in [7, 11) is 0. The minimum atomic E-state index is -1.16. The largest absolute Gasteiger partial charge is 0.480 e. The molecule has 4 heteroatoms. The van der Waals surface area contributed by atoms with Crippen LogP contribution in [0.25, 0.3) is 0 Å². The minimum absolute atomic E-state index is 0.154. The van der Waals surface area contributed by atoms with Crippen molar-refractivity contribution in [3.8, 4) is 0 Å². The third kappa shape index (κ3) is 5.07. The van der Waals surface area contributed by atoms with Gasteiger partial charge < -0.3 is 10.4 Å². The molecule has 1 aliphatic carbocycles. The maximum Gasteiger partial charge on any atom is 0.328 e. The van der Waals surface area contributed by atoms with E-state index in [4.69, 9.17) is 5.11 Å². The summed E-state index contributed by atoms with van der Waals surface area (Å²) in [5.74, 6) is -0.375. The first-order valence-electron chi connectivity index (χ1n) is 6.96. The van der Waals surface area contributed by atoms with E-state index in [2.05, 4.69) is 5.32 Å². The van der Waals surface area contributed by atoms with E-state index in [0.29, 0.717) is 6.42 Å². The summed E-state index contributed by atoms with van der Waals surface area (Å²) in [6.07, 6.45) is 8.99. The Bertz CT molecular complexity index is 293. The summed E-state index contributed by atoms with van der Waals surface area (Å²) in [6, 6.07) is 0. The average Bonchev–Trinajstić information content (AvgIpc) is 2.29. The summed E-state index contributed by atoms with van der Waals surface area (Å²) in [4.78, 5) is 22.5. The van der Waals surface area contributed by atoms with Crippen LogP contribution in [0.2, 0.25) is 0 Å². The molecule has 0 saturated heterocycles. The van der Waals surface area contributed by atoms with Gasteiger partial charge in [0.2, 0.25) is 5.91 Å². The van der Waals surface area contributed by atoms with Gasteiger partial charge in [0.05, 0.1) is 0 Å². The molecule has 1 rings (SSSR count). The second-order valence-corrected chi connectivity index (χ2v) is 5.87. The van der Waals surface area contributed by atoms with E-state index < -0.39 is 11.5 Å². The van der Waals surface area contributed by atoms with Crippen molar-refractivity contribution in [1.29, 1.82) is 0 Å². The van der Waals surface area contributed by atoms with Crippen molar-refractivity contribution in [3.63, 3.8) is 0 Å². The Labute approximate surface area is 109 Å². The number of rotatable bonds is 6. The van der Waals surface area contributed by atoms with E-state index in [-0.39, 0.29) is 5.91 Å². The molecule has 1 amide bonds. The van der Waals surface area contributed by atoms with E-state index in [1.165, 1.54) is 46.0 Å². The van der Waals surface area contributed by atoms with Crippen LogP contribution >= 0.6 is 0 Å². The van der Waals surface area contributed by atoms with Gasteiger partial charge in [-0.1, -0.05) is 32.1 Å². The Kier molecular flexibility index (Phi) is 5.63. The van der Waals surface area contributed by atoms with Gasteiger partial charge in [0.15, 0.2) is 0 Å². The lowest BCUT2D eigenvalue weighted by Crippen LogP contribution is -2.49. The fourth-order valence-corrected chi connectivity index (χ4v) is 2.49. The van der Waals surface area contributed by atoms with Crippen molar-refractivity contribution >= 4 is 11.9 Å². The van der Waals surface area contributed by atoms with Crippen molar-refractivity contribution in [2.24, 2.45) is 5.92 Å². The smallest absolute Gasteiger partial charge is 0.328 e. The zero-order chi connectivity index (χ0) is 13.6. The Morgan fingerprint density at radius 1 is 1.22 bits per heavy atom. The van der Waals surface area contributed by atoms with Crippen LogP contribution in [0.5, 0.6) is 0 Å². The molecule has 0 unspecified atom stereocenters. The fraction of sp³-hybridized carbons (Fsp3) is 0.857. The molecule has 0 aliphatic heterocycles. The van der Waals surface area contributed by atoms with Crippen molar-refractivity contribution < 1.29 is 14.7 Å². The van der Waals surface area contributed by atoms with Crippen LogP contribution in [0.3, 0.4) is 0 Å². The van der Waals surface area contributed by atoms with Gasteiger partial charge in [0, 0.05) is 6.42 Å². The molecule has 104 valence electrons. The molecule has 0 aromatic carbocycles. The van der Waals surface area contributed by atoms with Gasteiger partial charge in [0.25, 0.3) is 0 Å². The van der Waals surface area contributed by atoms with Crippen LogP contribution in [0.1, 0.15) is 65.2 Å². The first kappa shape index (κ1) is 15.0. The van der Waals surface area contributed by atoms with E-state index in [1.54, 1.807) is 0 Å². The Balaban J connectivity index is 2.18. The van der Waals surface area contributed by atoms with Gasteiger partial charge in [0.1, 0.15) is 5.54 Å². The lowest BCUT2D eigenvalue weighted by molar-refractivity contribution is -0.146. The van der Waals surface area contributed by atoms with Gasteiger partial charge in [-0.05, 0) is 32.6 Å². The van der Waals surface area contributed by atoms with Crippen LogP contribution in [-0.2, 0) is 9.59 Å². The SMILES string of the molecule is CC(C)(NC(=O)CCCC1CCCCC1)C(=O)O. The van der Waals surface area contributed by atoms with E-state index in [9.17, 15) is 9.59 Å². The number of aliphatic carboxylic acids is 1. The zero-order valence-corrected chi connectivity index (χ0v) is 11.5. The maximum atomic E-state index is 11.6. The number of hydrogen-bond donors (Lipinski definition) is 2. The van der Waals surface area contributed by atoms with Gasteiger partial charge >= 0.3 is 5.97 Å². The van der Waals surface area contributed by atoms with Crippen LogP contribution in [0.4, 0.5) is 0 Å². The second-order valence-electron chi connectivity index (χ2n) is 5.87. The number of carbonyl (C=O) groups is 2. The summed E-state index contributed by atoms with van der Waals surface area (Å²) < 4.78 is 0. The molecule has 0 bridgehead atoms. The Morgan fingerprint density at radius 3 is 2.39 bits per heavy atom. The molecule has 0 spiro atoms. The highest BCUT2D eigenvalue weighted by atomic mass is 16.4. The maximum absolute atomic E-state index is 11.6. The highest BCUT2D eigenvalue weighted by molar-refractivity contribution is 5.86. The molecule has 1 saturated carbocycles. The van der Waals surface area contributed by atoms with Crippen LogP contribution < -0.4 is 5.32 Å². The summed E-state index contributed by atoms with van der Waals surface area (Å²) >= 11 is 0. The van der Waals surface area contributed by atoms with E-state index in [1.807, 2.05) is 0 Å². The van der Waals surface area contributed by atoms with Crippen molar-refractivity contribution in [3.05, 3.63) is 0 Å². The normalized spacial score (nSPS) is 17.4.